The molecule has 0 saturated heterocycles. The first-order valence-corrected chi connectivity index (χ1v) is 1.67. The van der Waals surface area contributed by atoms with Crippen LogP contribution in [0.2, 0.25) is 0 Å². The van der Waals surface area contributed by atoms with Crippen molar-refractivity contribution in [3.05, 3.63) is 30.3 Å². The van der Waals surface area contributed by atoms with Gasteiger partial charge in [-0.25, -0.2) is 12.1 Å². The molecule has 0 N–H and O–H groups in total. The van der Waals surface area contributed by atoms with Crippen LogP contribution in [0.5, 0.6) is 0 Å². The average molecular weight is 181 g/mol. The Balaban J connectivity index is -0.0000000833. The molecule has 0 aliphatic rings. The fourth-order valence-electron chi connectivity index (χ4n) is 0.321. The van der Waals surface area contributed by atoms with Crippen LogP contribution in [0.15, 0.2) is 30.3 Å². The Morgan fingerprint density at radius 1 is 0.875 bits per heavy atom. The topological polar surface area (TPSA) is 0 Å². The molecule has 2 unspecified atom stereocenters. The first-order chi connectivity index (χ1) is 2.50. The summed E-state index contributed by atoms with van der Waals surface area (Å²) in [4.78, 5) is 0. The van der Waals surface area contributed by atoms with E-state index in [9.17, 15) is 0 Å². The zero-order valence-electron chi connectivity index (χ0n) is 4.80. The maximum absolute atomic E-state index is 2.00. The Hall–Kier alpha value is 0.924. The van der Waals surface area contributed by atoms with Crippen molar-refractivity contribution in [2.45, 2.75) is 0 Å². The summed E-state index contributed by atoms with van der Waals surface area (Å²) in [5.41, 5.74) is 0. The second kappa shape index (κ2) is 10.8. The summed E-state index contributed by atoms with van der Waals surface area (Å²) in [6.45, 7) is 0. The largest absolute Gasteiger partial charge is 0.214 e. The van der Waals surface area contributed by atoms with Gasteiger partial charge >= 0.3 is 0 Å². The zero-order valence-corrected chi connectivity index (χ0v) is 9.19. The van der Waals surface area contributed by atoms with E-state index >= 15 is 0 Å². The summed E-state index contributed by atoms with van der Waals surface area (Å²) in [5, 5.41) is 0. The van der Waals surface area contributed by atoms with Gasteiger partial charge in [0.1, 0.15) is 0 Å². The Kier molecular flexibility index (Phi) is 21.6. The maximum atomic E-state index is 2.00. The van der Waals surface area contributed by atoms with Gasteiger partial charge in [0.25, 0.3) is 0 Å². The van der Waals surface area contributed by atoms with E-state index in [4.69, 9.17) is 0 Å². The van der Waals surface area contributed by atoms with Crippen LogP contribution < -0.4 is 0 Å². The van der Waals surface area contributed by atoms with Crippen molar-refractivity contribution in [1.82, 2.24) is 0 Å². The molecule has 0 fully saturated rings. The summed E-state index contributed by atoms with van der Waals surface area (Å²) in [7, 11) is 0. The molecule has 46 valence electrons. The van der Waals surface area contributed by atoms with Crippen LogP contribution in [0, 0.1) is 0 Å². The van der Waals surface area contributed by atoms with Gasteiger partial charge in [-0.1, -0.05) is 0 Å². The molecule has 1 aromatic rings. The quantitative estimate of drug-likeness (QED) is 0.323. The molecule has 0 radical (unpaired) electrons. The predicted molar refractivity (Wildman–Crippen MR) is 44.2 cm³/mol. The molecule has 1 aromatic carbocycles. The van der Waals surface area contributed by atoms with Crippen molar-refractivity contribution in [1.29, 1.82) is 0 Å². The molecule has 0 nitrogen and oxygen atoms in total. The van der Waals surface area contributed by atoms with Gasteiger partial charge in [-0.2, -0.15) is 38.0 Å². The summed E-state index contributed by atoms with van der Waals surface area (Å²) < 4.78 is 0. The number of hydrogen-bond donors (Lipinski definition) is 0. The van der Waals surface area contributed by atoms with Crippen molar-refractivity contribution in [2.75, 3.05) is 0 Å². The minimum absolute atomic E-state index is 0. The molecule has 0 amide bonds. The van der Waals surface area contributed by atoms with Gasteiger partial charge in [0.15, 0.2) is 0 Å². The van der Waals surface area contributed by atoms with E-state index in [-0.39, 0.29) is 41.5 Å². The van der Waals surface area contributed by atoms with Gasteiger partial charge in [0.05, 0.1) is 0 Å². The van der Waals surface area contributed by atoms with Crippen molar-refractivity contribution in [2.24, 2.45) is 0 Å². The molecule has 0 aromatic heterocycles. The van der Waals surface area contributed by atoms with Gasteiger partial charge in [0, 0.05) is 21.7 Å². The normalized spacial score (nSPS) is 5.00. The van der Waals surface area contributed by atoms with E-state index in [1.807, 2.05) is 30.3 Å². The summed E-state index contributed by atoms with van der Waals surface area (Å²) in [6.07, 6.45) is 0. The maximum Gasteiger partial charge on any atom is 0 e. The van der Waals surface area contributed by atoms with E-state index in [1.54, 1.807) is 0 Å². The smallest absolute Gasteiger partial charge is 0 e. The van der Waals surface area contributed by atoms with Crippen molar-refractivity contribution >= 4 is 19.8 Å². The number of rotatable bonds is 0. The monoisotopic (exact) mass is 181 g/mol. The Labute approximate surface area is 71.9 Å². The minimum atomic E-state index is 0. The molecule has 8 heavy (non-hydrogen) atoms. The Bertz CT molecular complexity index is 66.9. The third-order valence-corrected chi connectivity index (χ3v) is 0.556. The van der Waals surface area contributed by atoms with Crippen molar-refractivity contribution in [3.63, 3.8) is 0 Å². The van der Waals surface area contributed by atoms with Crippen molar-refractivity contribution < 1.29 is 21.7 Å². The zero-order chi connectivity index (χ0) is 3.54. The third kappa shape index (κ3) is 6.92. The van der Waals surface area contributed by atoms with E-state index in [0.717, 1.165) is 0 Å². The van der Waals surface area contributed by atoms with Crippen LogP contribution in [0.25, 0.3) is 0 Å². The van der Waals surface area contributed by atoms with E-state index in [2.05, 4.69) is 0 Å². The third-order valence-electron chi connectivity index (χ3n) is 0.556. The second-order valence-corrected chi connectivity index (χ2v) is 0.962. The van der Waals surface area contributed by atoms with Crippen LogP contribution in [0.4, 0.5) is 0 Å². The van der Waals surface area contributed by atoms with Crippen LogP contribution in [0.1, 0.15) is 0 Å². The molecule has 0 aliphatic carbocycles. The molecular formula is C5H11P2Ti-. The molecule has 0 spiro atoms. The first kappa shape index (κ1) is 16.0. The van der Waals surface area contributed by atoms with Gasteiger partial charge in [-0.15, -0.1) is 0 Å². The molecule has 2 atom stereocenters. The SMILES string of the molecule is P.P.[Ti].c1cc[cH-]c1. The number of hydrogen-bond acceptors (Lipinski definition) is 0. The molecule has 3 heteroatoms. The standard InChI is InChI=1S/C5H5.2H3P.Ti/c1-2-4-5-3-1;;;/h1-5H;2*1H3;/q-1;;;. The van der Waals surface area contributed by atoms with Crippen LogP contribution >= 0.6 is 19.8 Å². The van der Waals surface area contributed by atoms with E-state index in [0.29, 0.717) is 0 Å². The van der Waals surface area contributed by atoms with Crippen molar-refractivity contribution in [3.8, 4) is 0 Å². The van der Waals surface area contributed by atoms with E-state index in [1.165, 1.54) is 0 Å². The van der Waals surface area contributed by atoms with Crippen LogP contribution in [0.3, 0.4) is 0 Å². The van der Waals surface area contributed by atoms with Gasteiger partial charge in [-0.3, -0.25) is 0 Å². The van der Waals surface area contributed by atoms with E-state index < -0.39 is 0 Å². The predicted octanol–water partition coefficient (Wildman–Crippen LogP) is 1.52. The second-order valence-electron chi connectivity index (χ2n) is 0.962. The Morgan fingerprint density at radius 3 is 1.38 bits per heavy atom. The fraction of sp³-hybridized carbons (Fsp3) is 0. The van der Waals surface area contributed by atoms with Gasteiger partial charge in [0.2, 0.25) is 0 Å². The summed E-state index contributed by atoms with van der Waals surface area (Å²) in [5.74, 6) is 0. The molecule has 0 aliphatic heterocycles. The van der Waals surface area contributed by atoms with Gasteiger partial charge < -0.3 is 0 Å². The average Bonchev–Trinajstić information content (AvgIpc) is 1.76. The van der Waals surface area contributed by atoms with Crippen LogP contribution in [-0.2, 0) is 21.7 Å². The summed E-state index contributed by atoms with van der Waals surface area (Å²) >= 11 is 0. The Morgan fingerprint density at radius 2 is 1.25 bits per heavy atom. The molecular weight excluding hydrogens is 170 g/mol. The van der Waals surface area contributed by atoms with Crippen LogP contribution in [-0.4, -0.2) is 0 Å². The molecule has 0 heterocycles. The summed E-state index contributed by atoms with van der Waals surface area (Å²) in [6, 6.07) is 10.0. The fourth-order valence-corrected chi connectivity index (χ4v) is 0.321. The van der Waals surface area contributed by atoms with Gasteiger partial charge in [-0.05, 0) is 0 Å². The first-order valence-electron chi connectivity index (χ1n) is 1.67. The molecule has 0 saturated carbocycles. The molecule has 1 rings (SSSR count). The minimum Gasteiger partial charge on any atom is -0.214 e. The molecule has 0 bridgehead atoms.